The van der Waals surface area contributed by atoms with Crippen molar-refractivity contribution < 1.29 is 0 Å². The summed E-state index contributed by atoms with van der Waals surface area (Å²) in [7, 11) is 1.96. The van der Waals surface area contributed by atoms with Gasteiger partial charge in [0.2, 0.25) is 0 Å². The Morgan fingerprint density at radius 3 is 2.85 bits per heavy atom. The van der Waals surface area contributed by atoms with Gasteiger partial charge in [0.05, 0.1) is 0 Å². The summed E-state index contributed by atoms with van der Waals surface area (Å²) in [5, 5.41) is 3.15. The summed E-state index contributed by atoms with van der Waals surface area (Å²) >= 11 is 4.13. The minimum atomic E-state index is 0.786. The van der Waals surface area contributed by atoms with Crippen LogP contribution >= 0.6 is 12.6 Å². The van der Waals surface area contributed by atoms with Gasteiger partial charge in [-0.05, 0) is 18.2 Å². The van der Waals surface area contributed by atoms with Crippen molar-refractivity contribution in [3.05, 3.63) is 41.5 Å². The van der Waals surface area contributed by atoms with Crippen LogP contribution in [-0.2, 0) is 6.54 Å². The van der Waals surface area contributed by atoms with Crippen molar-refractivity contribution in [3.63, 3.8) is 0 Å². The first-order valence-corrected chi connectivity index (χ1v) is 5.01. The third-order valence-corrected chi connectivity index (χ3v) is 2.04. The van der Waals surface area contributed by atoms with E-state index in [2.05, 4.69) is 54.4 Å². The maximum atomic E-state index is 4.13. The average molecular weight is 193 g/mol. The molecule has 0 heterocycles. The third-order valence-electron chi connectivity index (χ3n) is 1.83. The molecule has 0 bridgehead atoms. The summed E-state index contributed by atoms with van der Waals surface area (Å²) in [6.07, 6.45) is 4.16. The molecule has 0 spiro atoms. The monoisotopic (exact) mass is 193 g/mol. The van der Waals surface area contributed by atoms with Gasteiger partial charge in [0.1, 0.15) is 0 Å². The Balaban J connectivity index is 2.84. The van der Waals surface area contributed by atoms with Crippen LogP contribution in [0.5, 0.6) is 0 Å². The summed E-state index contributed by atoms with van der Waals surface area (Å²) in [5.74, 6) is 0.786. The smallest absolute Gasteiger partial charge is 0.0208 e. The fraction of sp³-hybridized carbons (Fsp3) is 0.273. The van der Waals surface area contributed by atoms with Crippen LogP contribution in [0.4, 0.5) is 0 Å². The zero-order valence-electron chi connectivity index (χ0n) is 7.83. The quantitative estimate of drug-likeness (QED) is 0.699. The fourth-order valence-corrected chi connectivity index (χ4v) is 1.33. The van der Waals surface area contributed by atoms with Crippen molar-refractivity contribution >= 4 is 18.7 Å². The molecule has 1 N–H and O–H groups in total. The van der Waals surface area contributed by atoms with Crippen molar-refractivity contribution in [3.8, 4) is 0 Å². The topological polar surface area (TPSA) is 12.0 Å². The van der Waals surface area contributed by atoms with Crippen LogP contribution < -0.4 is 5.32 Å². The highest BCUT2D eigenvalue weighted by Crippen LogP contribution is 2.10. The molecule has 0 unspecified atom stereocenters. The molecule has 1 aromatic rings. The van der Waals surface area contributed by atoms with Gasteiger partial charge in [-0.15, -0.1) is 0 Å². The van der Waals surface area contributed by atoms with Gasteiger partial charge in [0.15, 0.2) is 0 Å². The first-order valence-electron chi connectivity index (χ1n) is 4.38. The first-order chi connectivity index (χ1) is 6.38. The number of benzene rings is 1. The van der Waals surface area contributed by atoms with Crippen LogP contribution in [0.2, 0.25) is 0 Å². The average Bonchev–Trinajstić information content (AvgIpc) is 2.17. The third kappa shape index (κ3) is 3.25. The minimum absolute atomic E-state index is 0.786. The Kier molecular flexibility index (Phi) is 4.65. The van der Waals surface area contributed by atoms with Gasteiger partial charge < -0.3 is 5.32 Å². The summed E-state index contributed by atoms with van der Waals surface area (Å²) in [6.45, 7) is 0.910. The Morgan fingerprint density at radius 1 is 1.38 bits per heavy atom. The molecule has 0 radical (unpaired) electrons. The van der Waals surface area contributed by atoms with Gasteiger partial charge in [-0.2, -0.15) is 12.6 Å². The molecule has 0 saturated carbocycles. The largest absolute Gasteiger partial charge is 0.316 e. The van der Waals surface area contributed by atoms with E-state index in [1.54, 1.807) is 0 Å². The number of hydrogen-bond acceptors (Lipinski definition) is 2. The molecule has 13 heavy (non-hydrogen) atoms. The second-order valence-electron chi connectivity index (χ2n) is 2.81. The molecule has 1 rings (SSSR count). The highest BCUT2D eigenvalue weighted by molar-refractivity contribution is 7.80. The van der Waals surface area contributed by atoms with E-state index in [9.17, 15) is 0 Å². The molecule has 2 heteroatoms. The summed E-state index contributed by atoms with van der Waals surface area (Å²) in [5.41, 5.74) is 2.59. The molecule has 0 aliphatic heterocycles. The molecule has 1 aromatic carbocycles. The van der Waals surface area contributed by atoms with E-state index in [1.807, 2.05) is 7.05 Å². The van der Waals surface area contributed by atoms with Gasteiger partial charge in [0, 0.05) is 12.3 Å². The van der Waals surface area contributed by atoms with E-state index < -0.39 is 0 Å². The molecular formula is C11H15NS. The summed E-state index contributed by atoms with van der Waals surface area (Å²) in [6, 6.07) is 8.36. The Hall–Kier alpha value is -0.730. The second kappa shape index (κ2) is 5.84. The number of rotatable bonds is 4. The number of hydrogen-bond donors (Lipinski definition) is 2. The molecule has 0 aliphatic rings. The highest BCUT2D eigenvalue weighted by Gasteiger charge is 1.95. The van der Waals surface area contributed by atoms with Crippen molar-refractivity contribution in [2.24, 2.45) is 0 Å². The van der Waals surface area contributed by atoms with Crippen LogP contribution in [-0.4, -0.2) is 12.8 Å². The second-order valence-corrected chi connectivity index (χ2v) is 3.18. The van der Waals surface area contributed by atoms with E-state index in [0.29, 0.717) is 0 Å². The van der Waals surface area contributed by atoms with Crippen LogP contribution in [0.3, 0.4) is 0 Å². The maximum Gasteiger partial charge on any atom is 0.0208 e. The molecule has 70 valence electrons. The predicted octanol–water partition coefficient (Wildman–Crippen LogP) is 2.35. The Bertz CT molecular complexity index is 281. The Morgan fingerprint density at radius 2 is 2.15 bits per heavy atom. The maximum absolute atomic E-state index is 4.13. The minimum Gasteiger partial charge on any atom is -0.316 e. The first kappa shape index (κ1) is 10.4. The van der Waals surface area contributed by atoms with E-state index in [-0.39, 0.29) is 0 Å². The van der Waals surface area contributed by atoms with E-state index in [4.69, 9.17) is 0 Å². The zero-order valence-corrected chi connectivity index (χ0v) is 8.72. The van der Waals surface area contributed by atoms with Gasteiger partial charge in [-0.3, -0.25) is 0 Å². The highest BCUT2D eigenvalue weighted by atomic mass is 32.1. The molecule has 0 atom stereocenters. The van der Waals surface area contributed by atoms with Gasteiger partial charge in [-0.25, -0.2) is 0 Å². The normalized spacial score (nSPS) is 10.9. The number of thiol groups is 1. The van der Waals surface area contributed by atoms with Gasteiger partial charge in [-0.1, -0.05) is 36.4 Å². The molecule has 0 aliphatic carbocycles. The van der Waals surface area contributed by atoms with E-state index in [1.165, 1.54) is 11.1 Å². The molecular weight excluding hydrogens is 178 g/mol. The molecule has 1 nitrogen and oxygen atoms in total. The summed E-state index contributed by atoms with van der Waals surface area (Å²) < 4.78 is 0. The lowest BCUT2D eigenvalue weighted by Gasteiger charge is -2.04. The van der Waals surface area contributed by atoms with Crippen LogP contribution in [0, 0.1) is 0 Å². The van der Waals surface area contributed by atoms with Crippen molar-refractivity contribution in [2.45, 2.75) is 6.54 Å². The van der Waals surface area contributed by atoms with Crippen molar-refractivity contribution in [1.82, 2.24) is 5.32 Å². The van der Waals surface area contributed by atoms with Gasteiger partial charge >= 0.3 is 0 Å². The lowest BCUT2D eigenvalue weighted by molar-refractivity contribution is 0.816. The zero-order chi connectivity index (χ0) is 9.52. The van der Waals surface area contributed by atoms with Crippen LogP contribution in [0.25, 0.3) is 6.08 Å². The molecule has 0 fully saturated rings. The molecule has 0 saturated heterocycles. The van der Waals surface area contributed by atoms with Crippen LogP contribution in [0.15, 0.2) is 30.3 Å². The van der Waals surface area contributed by atoms with E-state index in [0.717, 1.165) is 12.3 Å². The summed E-state index contributed by atoms with van der Waals surface area (Å²) in [4.78, 5) is 0. The van der Waals surface area contributed by atoms with Crippen LogP contribution in [0.1, 0.15) is 11.1 Å². The SMILES string of the molecule is CNCc1ccccc1C=CCS. The number of nitrogens with one attached hydrogen (secondary N) is 1. The lowest BCUT2D eigenvalue weighted by Crippen LogP contribution is -2.06. The molecule has 0 aromatic heterocycles. The van der Waals surface area contributed by atoms with E-state index >= 15 is 0 Å². The molecule has 0 amide bonds. The lowest BCUT2D eigenvalue weighted by atomic mass is 10.1. The standard InChI is InChI=1S/C11H15NS/c1-12-9-11-6-3-2-5-10(11)7-4-8-13/h2-7,12-13H,8-9H2,1H3. The Labute approximate surface area is 85.3 Å². The predicted molar refractivity (Wildman–Crippen MR) is 62.1 cm³/mol. The van der Waals surface area contributed by atoms with Gasteiger partial charge in [0.25, 0.3) is 0 Å². The van der Waals surface area contributed by atoms with Crippen molar-refractivity contribution in [2.75, 3.05) is 12.8 Å². The van der Waals surface area contributed by atoms with Crippen molar-refractivity contribution in [1.29, 1.82) is 0 Å². The fourth-order valence-electron chi connectivity index (χ4n) is 1.23.